The minimum Gasteiger partial charge on any atom is -0.465 e. The van der Waals surface area contributed by atoms with Crippen molar-refractivity contribution in [2.24, 2.45) is 0 Å². The van der Waals surface area contributed by atoms with Crippen molar-refractivity contribution in [2.45, 2.75) is 155 Å². The van der Waals surface area contributed by atoms with Crippen LogP contribution in [0.4, 0.5) is 0 Å². The number of unbranched alkanes of at least 4 members (excludes halogenated alkanes) is 13. The topological polar surface area (TPSA) is 105 Å². The summed E-state index contributed by atoms with van der Waals surface area (Å²) < 4.78 is 20.2. The van der Waals surface area contributed by atoms with Gasteiger partial charge in [-0.3, -0.25) is 19.2 Å². The number of halogens is 1. The standard InChI is InChI=1S/C29H51ClO8/c1-3-5-7-11-15-19-25(31)35-24-23-29(36-26(32)20-16-12-8-6-4-2)37-27(33)21-17-13-9-10-14-18-22-28(34)38-30/h29H,3-24H2,1-2H3. The van der Waals surface area contributed by atoms with Crippen LogP contribution in [-0.2, 0) is 37.7 Å². The molecule has 0 aromatic rings. The van der Waals surface area contributed by atoms with E-state index in [0.717, 1.165) is 89.9 Å². The molecule has 8 nitrogen and oxygen atoms in total. The van der Waals surface area contributed by atoms with Crippen LogP contribution < -0.4 is 0 Å². The number of hydrogen-bond acceptors (Lipinski definition) is 8. The Morgan fingerprint density at radius 1 is 0.526 bits per heavy atom. The Morgan fingerprint density at radius 2 is 0.895 bits per heavy atom. The van der Waals surface area contributed by atoms with Gasteiger partial charge in [0.1, 0.15) is 11.9 Å². The molecule has 9 heteroatoms. The average Bonchev–Trinajstić information content (AvgIpc) is 2.89. The quantitative estimate of drug-likeness (QED) is 0.0595. The van der Waals surface area contributed by atoms with Gasteiger partial charge in [0.25, 0.3) is 6.29 Å². The van der Waals surface area contributed by atoms with E-state index in [0.29, 0.717) is 19.3 Å². The predicted molar refractivity (Wildman–Crippen MR) is 147 cm³/mol. The Morgan fingerprint density at radius 3 is 1.32 bits per heavy atom. The molecule has 1 atom stereocenters. The SMILES string of the molecule is CCCCCCCC(=O)OCCC(OC(=O)CCCCCCC)OC(=O)CCCCCCCCC(=O)OCl. The summed E-state index contributed by atoms with van der Waals surface area (Å²) in [6.45, 7) is 4.31. The molecule has 0 aliphatic carbocycles. The molecule has 0 fully saturated rings. The van der Waals surface area contributed by atoms with Crippen molar-refractivity contribution in [3.05, 3.63) is 0 Å². The lowest BCUT2D eigenvalue weighted by atomic mass is 10.1. The molecule has 1 unspecified atom stereocenters. The maximum absolute atomic E-state index is 12.3. The zero-order valence-electron chi connectivity index (χ0n) is 23.8. The van der Waals surface area contributed by atoms with E-state index in [1.807, 2.05) is 0 Å². The number of carbonyl (C=O) groups is 4. The Labute approximate surface area is 235 Å². The van der Waals surface area contributed by atoms with E-state index in [1.54, 1.807) is 0 Å². The molecule has 0 spiro atoms. The molecule has 0 saturated carbocycles. The fourth-order valence-corrected chi connectivity index (χ4v) is 4.00. The monoisotopic (exact) mass is 562 g/mol. The minimum atomic E-state index is -1.05. The Kier molecular flexibility index (Phi) is 25.5. The summed E-state index contributed by atoms with van der Waals surface area (Å²) in [6, 6.07) is 0. The molecule has 0 rings (SSSR count). The van der Waals surface area contributed by atoms with Gasteiger partial charge >= 0.3 is 23.9 Å². The van der Waals surface area contributed by atoms with E-state index < -0.39 is 24.2 Å². The molecule has 222 valence electrons. The zero-order chi connectivity index (χ0) is 28.3. The third-order valence-electron chi connectivity index (χ3n) is 6.21. The first-order valence-electron chi connectivity index (χ1n) is 14.8. The zero-order valence-corrected chi connectivity index (χ0v) is 24.5. The first-order chi connectivity index (χ1) is 18.4. The molecule has 0 aliphatic rings. The summed E-state index contributed by atoms with van der Waals surface area (Å²) in [5.74, 6) is -1.54. The van der Waals surface area contributed by atoms with Crippen molar-refractivity contribution < 1.29 is 37.7 Å². The second-order valence-corrected chi connectivity index (χ2v) is 9.97. The number of ether oxygens (including phenoxy) is 3. The lowest BCUT2D eigenvalue weighted by molar-refractivity contribution is -0.191. The van der Waals surface area contributed by atoms with Gasteiger partial charge in [0.05, 0.1) is 13.0 Å². The maximum Gasteiger partial charge on any atom is 0.324 e. The highest BCUT2D eigenvalue weighted by atomic mass is 35.5. The molecule has 0 radical (unpaired) electrons. The van der Waals surface area contributed by atoms with Gasteiger partial charge in [-0.15, -0.1) is 0 Å². The maximum atomic E-state index is 12.3. The number of hydrogen-bond donors (Lipinski definition) is 0. The Balaban J connectivity index is 4.34. The van der Waals surface area contributed by atoms with E-state index in [9.17, 15) is 19.2 Å². The smallest absolute Gasteiger partial charge is 0.324 e. The lowest BCUT2D eigenvalue weighted by Crippen LogP contribution is -2.26. The van der Waals surface area contributed by atoms with Gasteiger partial charge in [-0.05, 0) is 25.7 Å². The molecule has 0 aliphatic heterocycles. The molecular weight excluding hydrogens is 512 g/mol. The van der Waals surface area contributed by atoms with Gasteiger partial charge < -0.3 is 18.5 Å². The minimum absolute atomic E-state index is 0.0345. The van der Waals surface area contributed by atoms with Gasteiger partial charge in [-0.25, -0.2) is 0 Å². The average molecular weight is 563 g/mol. The predicted octanol–water partition coefficient (Wildman–Crippen LogP) is 7.87. The van der Waals surface area contributed by atoms with Crippen molar-refractivity contribution in [1.29, 1.82) is 0 Å². The first-order valence-corrected chi connectivity index (χ1v) is 15.1. The van der Waals surface area contributed by atoms with Crippen LogP contribution in [-0.4, -0.2) is 36.8 Å². The Hall–Kier alpha value is -1.83. The highest BCUT2D eigenvalue weighted by Gasteiger charge is 2.20. The second kappa shape index (κ2) is 26.8. The van der Waals surface area contributed by atoms with Crippen molar-refractivity contribution in [1.82, 2.24) is 0 Å². The van der Waals surface area contributed by atoms with Crippen molar-refractivity contribution in [3.8, 4) is 0 Å². The van der Waals surface area contributed by atoms with E-state index in [-0.39, 0.29) is 31.8 Å². The third-order valence-corrected chi connectivity index (χ3v) is 6.38. The van der Waals surface area contributed by atoms with Crippen LogP contribution in [0, 0.1) is 0 Å². The molecule has 0 saturated heterocycles. The molecule has 0 heterocycles. The van der Waals surface area contributed by atoms with Crippen LogP contribution in [0.5, 0.6) is 0 Å². The third kappa shape index (κ3) is 24.5. The molecule has 0 aromatic heterocycles. The number of carbonyl (C=O) groups excluding carboxylic acids is 4. The fourth-order valence-electron chi connectivity index (χ4n) is 3.92. The van der Waals surface area contributed by atoms with Gasteiger partial charge in [0.15, 0.2) is 0 Å². The number of rotatable bonds is 26. The summed E-state index contributed by atoms with van der Waals surface area (Å²) >= 11 is 5.00. The van der Waals surface area contributed by atoms with Gasteiger partial charge in [0, 0.05) is 25.7 Å². The largest absolute Gasteiger partial charge is 0.465 e. The van der Waals surface area contributed by atoms with Crippen LogP contribution in [0.15, 0.2) is 0 Å². The summed E-state index contributed by atoms with van der Waals surface area (Å²) in [4.78, 5) is 47.6. The Bertz CT molecular complexity index is 626. The van der Waals surface area contributed by atoms with Gasteiger partial charge in [-0.1, -0.05) is 90.9 Å². The summed E-state index contributed by atoms with van der Waals surface area (Å²) in [7, 11) is 0. The molecule has 0 aromatic carbocycles. The number of esters is 3. The second-order valence-electron chi connectivity index (χ2n) is 9.82. The summed E-state index contributed by atoms with van der Waals surface area (Å²) in [5.41, 5.74) is 0. The van der Waals surface area contributed by atoms with Crippen LogP contribution in [0.1, 0.15) is 149 Å². The fraction of sp³-hybridized carbons (Fsp3) is 0.862. The highest BCUT2D eigenvalue weighted by Crippen LogP contribution is 2.13. The van der Waals surface area contributed by atoms with Crippen molar-refractivity contribution in [3.63, 3.8) is 0 Å². The molecule has 0 bridgehead atoms. The van der Waals surface area contributed by atoms with Gasteiger partial charge in [-0.2, -0.15) is 0 Å². The van der Waals surface area contributed by atoms with Crippen molar-refractivity contribution in [2.75, 3.05) is 6.61 Å². The summed E-state index contributed by atoms with van der Waals surface area (Å²) in [5, 5.41) is 0. The van der Waals surface area contributed by atoms with E-state index >= 15 is 0 Å². The van der Waals surface area contributed by atoms with E-state index in [4.69, 9.17) is 26.1 Å². The van der Waals surface area contributed by atoms with E-state index in [1.165, 1.54) is 6.42 Å². The lowest BCUT2D eigenvalue weighted by Gasteiger charge is -2.18. The normalized spacial score (nSPS) is 11.6. The van der Waals surface area contributed by atoms with Crippen LogP contribution in [0.25, 0.3) is 0 Å². The van der Waals surface area contributed by atoms with Crippen molar-refractivity contribution >= 4 is 35.7 Å². The van der Waals surface area contributed by atoms with Crippen LogP contribution in [0.2, 0.25) is 0 Å². The van der Waals surface area contributed by atoms with Crippen LogP contribution >= 0.6 is 11.9 Å². The van der Waals surface area contributed by atoms with Crippen LogP contribution in [0.3, 0.4) is 0 Å². The summed E-state index contributed by atoms with van der Waals surface area (Å²) in [6.07, 6.45) is 15.5. The first kappa shape index (κ1) is 36.2. The highest BCUT2D eigenvalue weighted by molar-refractivity contribution is 6.13. The van der Waals surface area contributed by atoms with Gasteiger partial charge in [0.2, 0.25) is 0 Å². The molecular formula is C29H51ClO8. The molecule has 0 amide bonds. The molecule has 0 N–H and O–H groups in total. The van der Waals surface area contributed by atoms with E-state index in [2.05, 4.69) is 18.1 Å². The molecule has 38 heavy (non-hydrogen) atoms.